The Bertz CT molecular complexity index is 545. The second kappa shape index (κ2) is 5.30. The van der Waals surface area contributed by atoms with E-state index in [1.54, 1.807) is 6.92 Å². The van der Waals surface area contributed by atoms with Gasteiger partial charge in [0.05, 0.1) is 6.10 Å². The molecule has 0 aromatic heterocycles. The summed E-state index contributed by atoms with van der Waals surface area (Å²) < 4.78 is 0. The molecule has 136 valence electrons. The molecule has 4 saturated carbocycles. The highest BCUT2D eigenvalue weighted by molar-refractivity contribution is 5.86. The molecule has 4 aliphatic rings. The van der Waals surface area contributed by atoms with Crippen LogP contribution in [0.25, 0.3) is 0 Å². The molecule has 4 aliphatic carbocycles. The van der Waals surface area contributed by atoms with E-state index >= 15 is 0 Å². The lowest BCUT2D eigenvalue weighted by Crippen LogP contribution is -2.58. The summed E-state index contributed by atoms with van der Waals surface area (Å²) in [4.78, 5) is 12.2. The standard InChI is InChI=1S/C21H34O3/c1-13(22)21(24)11-8-18-16-5-4-14-12-15(23)6-9-19(14,2)17(16)7-10-20(18,21)3/h14-18,23-24H,4-12H2,1-3H3/t14-,15+,16+,17-,18+,19-,20-,21-/m0/s1. The lowest BCUT2D eigenvalue weighted by atomic mass is 9.44. The van der Waals surface area contributed by atoms with Crippen molar-refractivity contribution in [1.29, 1.82) is 0 Å². The van der Waals surface area contributed by atoms with Crippen molar-refractivity contribution in [2.24, 2.45) is 34.5 Å². The van der Waals surface area contributed by atoms with Crippen LogP contribution in [0.4, 0.5) is 0 Å². The van der Waals surface area contributed by atoms with Crippen molar-refractivity contribution in [3.63, 3.8) is 0 Å². The number of fused-ring (bicyclic) bond motifs is 5. The van der Waals surface area contributed by atoms with Crippen molar-refractivity contribution in [1.82, 2.24) is 0 Å². The van der Waals surface area contributed by atoms with Crippen LogP contribution < -0.4 is 0 Å². The molecule has 0 aromatic rings. The van der Waals surface area contributed by atoms with Crippen molar-refractivity contribution < 1.29 is 15.0 Å². The van der Waals surface area contributed by atoms with Crippen LogP contribution in [-0.2, 0) is 4.79 Å². The van der Waals surface area contributed by atoms with E-state index in [0.717, 1.165) is 44.4 Å². The Hall–Kier alpha value is -0.410. The first-order valence-corrected chi connectivity index (χ1v) is 10.1. The first-order chi connectivity index (χ1) is 11.2. The van der Waals surface area contributed by atoms with Crippen molar-refractivity contribution in [2.45, 2.75) is 90.3 Å². The molecule has 0 saturated heterocycles. The number of rotatable bonds is 1. The van der Waals surface area contributed by atoms with E-state index in [0.29, 0.717) is 29.6 Å². The molecule has 0 amide bonds. The molecule has 0 heterocycles. The number of carbonyl (C=O) groups is 1. The molecule has 4 rings (SSSR count). The Morgan fingerprint density at radius 1 is 0.958 bits per heavy atom. The fourth-order valence-electron chi connectivity index (χ4n) is 7.83. The third kappa shape index (κ3) is 2.00. The average molecular weight is 335 g/mol. The van der Waals surface area contributed by atoms with Crippen LogP contribution in [0, 0.1) is 34.5 Å². The maximum absolute atomic E-state index is 12.2. The van der Waals surface area contributed by atoms with Crippen LogP contribution in [-0.4, -0.2) is 27.7 Å². The molecular formula is C21H34O3. The van der Waals surface area contributed by atoms with Crippen LogP contribution in [0.3, 0.4) is 0 Å². The summed E-state index contributed by atoms with van der Waals surface area (Å²) >= 11 is 0. The molecule has 0 unspecified atom stereocenters. The van der Waals surface area contributed by atoms with Crippen LogP contribution in [0.1, 0.15) is 78.6 Å². The van der Waals surface area contributed by atoms with Gasteiger partial charge in [-0.1, -0.05) is 13.8 Å². The highest BCUT2D eigenvalue weighted by atomic mass is 16.3. The topological polar surface area (TPSA) is 57.5 Å². The Labute approximate surface area is 146 Å². The molecule has 0 aliphatic heterocycles. The van der Waals surface area contributed by atoms with Crippen LogP contribution in [0.2, 0.25) is 0 Å². The Morgan fingerprint density at radius 2 is 1.67 bits per heavy atom. The number of carbonyl (C=O) groups excluding carboxylic acids is 1. The van der Waals surface area contributed by atoms with Crippen LogP contribution in [0.5, 0.6) is 0 Å². The summed E-state index contributed by atoms with van der Waals surface area (Å²) in [5, 5.41) is 21.3. The fourth-order valence-corrected chi connectivity index (χ4v) is 7.83. The number of Topliss-reactive ketones (excluding diaryl/α,β-unsaturated/α-hetero) is 1. The minimum Gasteiger partial charge on any atom is -0.393 e. The van der Waals surface area contributed by atoms with Gasteiger partial charge in [0.1, 0.15) is 5.60 Å². The summed E-state index contributed by atoms with van der Waals surface area (Å²) in [7, 11) is 0. The summed E-state index contributed by atoms with van der Waals surface area (Å²) in [6, 6.07) is 0. The fraction of sp³-hybridized carbons (Fsp3) is 0.952. The highest BCUT2D eigenvalue weighted by Gasteiger charge is 2.65. The summed E-state index contributed by atoms with van der Waals surface area (Å²) in [5.74, 6) is 2.52. The summed E-state index contributed by atoms with van der Waals surface area (Å²) in [6.07, 6.45) is 9.25. The van der Waals surface area contributed by atoms with Crippen LogP contribution >= 0.6 is 0 Å². The van der Waals surface area contributed by atoms with E-state index in [2.05, 4.69) is 13.8 Å². The maximum atomic E-state index is 12.2. The van der Waals surface area contributed by atoms with E-state index < -0.39 is 5.60 Å². The number of hydrogen-bond donors (Lipinski definition) is 2. The van der Waals surface area contributed by atoms with Gasteiger partial charge in [-0.25, -0.2) is 0 Å². The molecule has 24 heavy (non-hydrogen) atoms. The van der Waals surface area contributed by atoms with E-state index in [-0.39, 0.29) is 17.3 Å². The van der Waals surface area contributed by atoms with E-state index in [9.17, 15) is 15.0 Å². The van der Waals surface area contributed by atoms with E-state index in [1.807, 2.05) is 0 Å². The largest absolute Gasteiger partial charge is 0.393 e. The van der Waals surface area contributed by atoms with Gasteiger partial charge in [0, 0.05) is 5.41 Å². The molecule has 3 heteroatoms. The van der Waals surface area contributed by atoms with Gasteiger partial charge in [0.2, 0.25) is 0 Å². The molecule has 2 N–H and O–H groups in total. The van der Waals surface area contributed by atoms with Crippen LogP contribution in [0.15, 0.2) is 0 Å². The van der Waals surface area contributed by atoms with E-state index in [1.165, 1.54) is 12.8 Å². The molecule has 8 atom stereocenters. The minimum atomic E-state index is -1.09. The van der Waals surface area contributed by atoms with Gasteiger partial charge in [0.25, 0.3) is 0 Å². The third-order valence-corrected chi connectivity index (χ3v) is 9.37. The van der Waals surface area contributed by atoms with Crippen molar-refractivity contribution in [3.8, 4) is 0 Å². The zero-order valence-corrected chi connectivity index (χ0v) is 15.6. The number of aliphatic hydroxyl groups is 2. The van der Waals surface area contributed by atoms with Gasteiger partial charge < -0.3 is 10.2 Å². The highest BCUT2D eigenvalue weighted by Crippen LogP contribution is 2.68. The summed E-state index contributed by atoms with van der Waals surface area (Å²) in [5.41, 5.74) is -0.957. The number of ketones is 1. The van der Waals surface area contributed by atoms with Gasteiger partial charge in [-0.3, -0.25) is 4.79 Å². The van der Waals surface area contributed by atoms with Crippen molar-refractivity contribution in [2.75, 3.05) is 0 Å². The Morgan fingerprint density at radius 3 is 2.38 bits per heavy atom. The van der Waals surface area contributed by atoms with E-state index in [4.69, 9.17) is 0 Å². The predicted octanol–water partition coefficient (Wildman–Crippen LogP) is 3.71. The van der Waals surface area contributed by atoms with Gasteiger partial charge in [-0.2, -0.15) is 0 Å². The molecule has 0 spiro atoms. The Kier molecular flexibility index (Phi) is 3.76. The number of hydrogen-bond acceptors (Lipinski definition) is 3. The zero-order valence-electron chi connectivity index (χ0n) is 15.6. The summed E-state index contributed by atoms with van der Waals surface area (Å²) in [6.45, 7) is 6.26. The van der Waals surface area contributed by atoms with Gasteiger partial charge in [-0.15, -0.1) is 0 Å². The smallest absolute Gasteiger partial charge is 0.161 e. The first-order valence-electron chi connectivity index (χ1n) is 10.1. The molecule has 4 fully saturated rings. The van der Waals surface area contributed by atoms with Crippen molar-refractivity contribution >= 4 is 5.78 Å². The normalized spacial score (nSPS) is 57.0. The van der Waals surface area contributed by atoms with Crippen molar-refractivity contribution in [3.05, 3.63) is 0 Å². The lowest BCUT2D eigenvalue weighted by Gasteiger charge is -2.61. The Balaban J connectivity index is 1.65. The van der Waals surface area contributed by atoms with Gasteiger partial charge in [-0.05, 0) is 93.8 Å². The van der Waals surface area contributed by atoms with Gasteiger partial charge >= 0.3 is 0 Å². The quantitative estimate of drug-likeness (QED) is 0.768. The SMILES string of the molecule is CC(=O)[C@@]1(O)CC[C@@H]2[C@@H]3CC[C@H]4C[C@H](O)CC[C@]4(C)[C@H]3CC[C@@]21C. The monoisotopic (exact) mass is 334 g/mol. The second-order valence-corrected chi connectivity index (χ2v) is 10.00. The third-order valence-electron chi connectivity index (χ3n) is 9.37. The number of aliphatic hydroxyl groups excluding tert-OH is 1. The predicted molar refractivity (Wildman–Crippen MR) is 93.4 cm³/mol. The first kappa shape index (κ1) is 17.0. The molecule has 0 radical (unpaired) electrons. The molecular weight excluding hydrogens is 300 g/mol. The average Bonchev–Trinajstić information content (AvgIpc) is 2.81. The maximum Gasteiger partial charge on any atom is 0.161 e. The van der Waals surface area contributed by atoms with Gasteiger partial charge in [0.15, 0.2) is 5.78 Å². The molecule has 3 nitrogen and oxygen atoms in total. The molecule has 0 aromatic carbocycles. The zero-order chi connectivity index (χ0) is 17.3. The second-order valence-electron chi connectivity index (χ2n) is 10.00. The molecule has 0 bridgehead atoms. The lowest BCUT2D eigenvalue weighted by molar-refractivity contribution is -0.170. The minimum absolute atomic E-state index is 0.0216.